The average molecular weight is 502 g/mol. The summed E-state index contributed by atoms with van der Waals surface area (Å²) in [5, 5.41) is 5.52. The van der Waals surface area contributed by atoms with E-state index in [1.165, 1.54) is 5.56 Å². The molecule has 37 heavy (non-hydrogen) atoms. The van der Waals surface area contributed by atoms with Crippen molar-refractivity contribution in [3.63, 3.8) is 0 Å². The molecule has 0 radical (unpaired) electrons. The Labute approximate surface area is 215 Å². The van der Waals surface area contributed by atoms with Gasteiger partial charge in [0.2, 0.25) is 17.8 Å². The molecule has 0 saturated carbocycles. The standard InChI is InChI=1S/C28H31N5O4/c1-2-37-22-11-7-6-10-21(22)29-26(35)20-17-23(34)30-25-24(20)27(36)32-28(31-25)33-14-12-19(13-15-33)16-18-8-4-3-5-9-18/h3-11,19-20H,2,12-17H2,1H3,(H,29,35)(H2,30,31,32,34,36). The smallest absolute Gasteiger partial charge is 0.258 e. The predicted octanol–water partition coefficient (Wildman–Crippen LogP) is 3.69. The van der Waals surface area contributed by atoms with Crippen molar-refractivity contribution in [2.24, 2.45) is 5.92 Å². The maximum atomic E-state index is 13.2. The second kappa shape index (κ2) is 10.9. The number of H-pyrrole nitrogens is 1. The first-order valence-corrected chi connectivity index (χ1v) is 12.8. The normalized spacial score (nSPS) is 17.6. The van der Waals surface area contributed by atoms with E-state index in [1.54, 1.807) is 18.2 Å². The van der Waals surface area contributed by atoms with E-state index < -0.39 is 17.4 Å². The molecule has 0 bridgehead atoms. The average Bonchev–Trinajstić information content (AvgIpc) is 2.90. The summed E-state index contributed by atoms with van der Waals surface area (Å²) in [6, 6.07) is 17.5. The van der Waals surface area contributed by atoms with Crippen LogP contribution in [0.4, 0.5) is 17.5 Å². The summed E-state index contributed by atoms with van der Waals surface area (Å²) in [6.07, 6.45) is 2.85. The SMILES string of the molecule is CCOc1ccccc1NC(=O)C1CC(=O)Nc2nc(N3CCC(Cc4ccccc4)CC3)[nH]c(=O)c21. The molecule has 9 nitrogen and oxygen atoms in total. The van der Waals surface area contributed by atoms with Gasteiger partial charge in [0, 0.05) is 19.5 Å². The Hall–Kier alpha value is -4.14. The van der Waals surface area contributed by atoms with Crippen molar-refractivity contribution in [1.82, 2.24) is 9.97 Å². The third kappa shape index (κ3) is 5.50. The van der Waals surface area contributed by atoms with Crippen LogP contribution in [0.5, 0.6) is 5.75 Å². The van der Waals surface area contributed by atoms with E-state index >= 15 is 0 Å². The number of carbonyl (C=O) groups is 2. The Morgan fingerprint density at radius 2 is 1.81 bits per heavy atom. The van der Waals surface area contributed by atoms with Gasteiger partial charge in [-0.1, -0.05) is 42.5 Å². The van der Waals surface area contributed by atoms with E-state index in [0.717, 1.165) is 32.4 Å². The number of hydrogen-bond acceptors (Lipinski definition) is 6. The molecule has 1 unspecified atom stereocenters. The summed E-state index contributed by atoms with van der Waals surface area (Å²) in [4.78, 5) is 48.4. The Bertz CT molecular complexity index is 1330. The molecular weight excluding hydrogens is 470 g/mol. The fourth-order valence-electron chi connectivity index (χ4n) is 5.10. The summed E-state index contributed by atoms with van der Waals surface area (Å²) < 4.78 is 5.58. The molecule has 2 aliphatic heterocycles. The number of carbonyl (C=O) groups excluding carboxylic acids is 2. The van der Waals surface area contributed by atoms with Gasteiger partial charge in [-0.3, -0.25) is 19.4 Å². The molecule has 0 aliphatic carbocycles. The first-order chi connectivity index (χ1) is 18.0. The second-order valence-corrected chi connectivity index (χ2v) is 9.50. The van der Waals surface area contributed by atoms with Crippen molar-refractivity contribution in [3.05, 3.63) is 76.1 Å². The lowest BCUT2D eigenvalue weighted by Gasteiger charge is -2.33. The van der Waals surface area contributed by atoms with E-state index in [4.69, 9.17) is 4.74 Å². The molecule has 0 spiro atoms. The quantitative estimate of drug-likeness (QED) is 0.455. The zero-order chi connectivity index (χ0) is 25.8. The predicted molar refractivity (Wildman–Crippen MR) is 142 cm³/mol. The number of aromatic nitrogens is 2. The first kappa shape index (κ1) is 24.5. The minimum Gasteiger partial charge on any atom is -0.492 e. The fourth-order valence-corrected chi connectivity index (χ4v) is 5.10. The Kier molecular flexibility index (Phi) is 7.20. The van der Waals surface area contributed by atoms with Crippen LogP contribution in [0.15, 0.2) is 59.4 Å². The van der Waals surface area contributed by atoms with Crippen molar-refractivity contribution < 1.29 is 14.3 Å². The monoisotopic (exact) mass is 501 g/mol. The summed E-state index contributed by atoms with van der Waals surface area (Å²) in [6.45, 7) is 3.81. The highest BCUT2D eigenvalue weighted by Crippen LogP contribution is 2.32. The maximum absolute atomic E-state index is 13.2. The molecule has 1 atom stereocenters. The molecule has 5 rings (SSSR count). The second-order valence-electron chi connectivity index (χ2n) is 9.50. The van der Waals surface area contributed by atoms with Crippen molar-refractivity contribution in [2.75, 3.05) is 35.2 Å². The number of amides is 2. The number of piperidine rings is 1. The minimum atomic E-state index is -0.958. The molecule has 2 amide bonds. The molecule has 3 aromatic rings. The van der Waals surface area contributed by atoms with Crippen LogP contribution in [0.25, 0.3) is 0 Å². The van der Waals surface area contributed by atoms with Gasteiger partial charge in [0.25, 0.3) is 5.56 Å². The minimum absolute atomic E-state index is 0.134. The third-order valence-electron chi connectivity index (χ3n) is 6.98. The van der Waals surface area contributed by atoms with E-state index in [1.807, 2.05) is 24.0 Å². The van der Waals surface area contributed by atoms with Crippen molar-refractivity contribution >= 4 is 29.3 Å². The van der Waals surface area contributed by atoms with Crippen LogP contribution in [0.2, 0.25) is 0 Å². The summed E-state index contributed by atoms with van der Waals surface area (Å²) in [5.41, 5.74) is 1.58. The van der Waals surface area contributed by atoms with E-state index in [2.05, 4.69) is 44.9 Å². The molecular formula is C28H31N5O4. The molecule has 192 valence electrons. The van der Waals surface area contributed by atoms with Crippen molar-refractivity contribution in [2.45, 2.75) is 38.5 Å². The molecule has 1 aromatic heterocycles. The van der Waals surface area contributed by atoms with Crippen LogP contribution in [0.1, 0.15) is 43.2 Å². The van der Waals surface area contributed by atoms with Crippen LogP contribution < -0.4 is 25.8 Å². The van der Waals surface area contributed by atoms with Gasteiger partial charge in [0.1, 0.15) is 11.6 Å². The van der Waals surface area contributed by atoms with Crippen LogP contribution in [-0.4, -0.2) is 41.5 Å². The van der Waals surface area contributed by atoms with Gasteiger partial charge in [0.05, 0.1) is 23.8 Å². The van der Waals surface area contributed by atoms with Crippen LogP contribution in [0, 0.1) is 5.92 Å². The Balaban J connectivity index is 1.32. The van der Waals surface area contributed by atoms with Gasteiger partial charge in [-0.2, -0.15) is 4.98 Å². The Morgan fingerprint density at radius 3 is 2.57 bits per heavy atom. The number of nitrogens with zero attached hydrogens (tertiary/aromatic N) is 2. The molecule has 1 fully saturated rings. The number of aromatic amines is 1. The highest BCUT2D eigenvalue weighted by Gasteiger charge is 2.35. The van der Waals surface area contributed by atoms with Crippen LogP contribution in [-0.2, 0) is 16.0 Å². The van der Waals surface area contributed by atoms with Crippen LogP contribution >= 0.6 is 0 Å². The van der Waals surface area contributed by atoms with Crippen molar-refractivity contribution in [3.8, 4) is 5.75 Å². The third-order valence-corrected chi connectivity index (χ3v) is 6.98. The van der Waals surface area contributed by atoms with E-state index in [9.17, 15) is 14.4 Å². The number of rotatable bonds is 7. The lowest BCUT2D eigenvalue weighted by molar-refractivity contribution is -0.123. The van der Waals surface area contributed by atoms with Crippen molar-refractivity contribution in [1.29, 1.82) is 0 Å². The first-order valence-electron chi connectivity index (χ1n) is 12.8. The number of nitrogens with one attached hydrogen (secondary N) is 3. The number of ether oxygens (including phenoxy) is 1. The van der Waals surface area contributed by atoms with Gasteiger partial charge >= 0.3 is 0 Å². The fraction of sp³-hybridized carbons (Fsp3) is 0.357. The molecule has 3 N–H and O–H groups in total. The van der Waals surface area contributed by atoms with Gasteiger partial charge in [0.15, 0.2) is 0 Å². The molecule has 2 aromatic carbocycles. The lowest BCUT2D eigenvalue weighted by atomic mass is 9.90. The van der Waals surface area contributed by atoms with E-state index in [-0.39, 0.29) is 23.7 Å². The molecule has 1 saturated heterocycles. The van der Waals surface area contributed by atoms with E-state index in [0.29, 0.717) is 29.9 Å². The van der Waals surface area contributed by atoms with Gasteiger partial charge < -0.3 is 20.3 Å². The summed E-state index contributed by atoms with van der Waals surface area (Å²) in [7, 11) is 0. The molecule has 9 heteroatoms. The number of benzene rings is 2. The van der Waals surface area contributed by atoms with Gasteiger partial charge in [-0.25, -0.2) is 0 Å². The molecule has 2 aliphatic rings. The largest absolute Gasteiger partial charge is 0.492 e. The summed E-state index contributed by atoms with van der Waals surface area (Å²) >= 11 is 0. The Morgan fingerprint density at radius 1 is 1.08 bits per heavy atom. The maximum Gasteiger partial charge on any atom is 0.258 e. The zero-order valence-corrected chi connectivity index (χ0v) is 20.8. The van der Waals surface area contributed by atoms with Gasteiger partial charge in [-0.05, 0) is 49.8 Å². The van der Waals surface area contributed by atoms with Crippen LogP contribution in [0.3, 0.4) is 0 Å². The topological polar surface area (TPSA) is 116 Å². The number of fused-ring (bicyclic) bond motifs is 1. The zero-order valence-electron chi connectivity index (χ0n) is 20.8. The number of anilines is 3. The summed E-state index contributed by atoms with van der Waals surface area (Å²) in [5.74, 6) is -0.0985. The lowest BCUT2D eigenvalue weighted by Crippen LogP contribution is -2.40. The molecule has 3 heterocycles. The number of hydrogen-bond donors (Lipinski definition) is 3. The number of para-hydroxylation sites is 2. The highest BCUT2D eigenvalue weighted by atomic mass is 16.5. The van der Waals surface area contributed by atoms with Gasteiger partial charge in [-0.15, -0.1) is 0 Å². The highest BCUT2D eigenvalue weighted by molar-refractivity contribution is 6.05.